The Hall–Kier alpha value is -4.37. The minimum Gasteiger partial charge on any atom is -0.491 e. The Kier molecular flexibility index (Phi) is 15.8. The smallest absolute Gasteiger partial charge is 0.306 e. The second-order valence-electron chi connectivity index (χ2n) is 14.6. The Bertz CT molecular complexity index is 1650. The molecule has 0 saturated heterocycles. The number of aliphatic hydroxyl groups is 1. The quantitative estimate of drug-likeness (QED) is 0.0636. The number of esters is 1. The maximum Gasteiger partial charge on any atom is 0.306 e. The van der Waals surface area contributed by atoms with Gasteiger partial charge in [0, 0.05) is 38.1 Å². The largest absolute Gasteiger partial charge is 0.491 e. The van der Waals surface area contributed by atoms with Crippen molar-refractivity contribution in [3.05, 3.63) is 125 Å². The molecule has 0 radical (unpaired) electrons. The van der Waals surface area contributed by atoms with Crippen LogP contribution in [0.5, 0.6) is 17.2 Å². The van der Waals surface area contributed by atoms with Crippen LogP contribution in [0.2, 0.25) is 0 Å². The van der Waals surface area contributed by atoms with Crippen molar-refractivity contribution < 1.29 is 38.3 Å². The first-order chi connectivity index (χ1) is 25.4. The maximum atomic E-state index is 12.3. The number of aliphatic hydroxyl groups excluding tert-OH is 1. The number of unbranched alkanes of at least 4 members (excludes halogenated alkanes) is 2. The van der Waals surface area contributed by atoms with E-state index in [9.17, 15) is 9.90 Å². The van der Waals surface area contributed by atoms with Gasteiger partial charge in [-0.2, -0.15) is 0 Å². The summed E-state index contributed by atoms with van der Waals surface area (Å²) in [6, 6.07) is 32.6. The van der Waals surface area contributed by atoms with Gasteiger partial charge in [-0.3, -0.25) is 4.79 Å². The molecule has 0 heterocycles. The molecule has 286 valence electrons. The molecule has 8 nitrogen and oxygen atoms in total. The Morgan fingerprint density at radius 1 is 0.566 bits per heavy atom. The molecule has 1 N–H and O–H groups in total. The number of aryl methyl sites for hydroxylation is 1. The van der Waals surface area contributed by atoms with Crippen LogP contribution in [0, 0.1) is 6.92 Å². The van der Waals surface area contributed by atoms with Crippen LogP contribution in [0.15, 0.2) is 97.1 Å². The summed E-state index contributed by atoms with van der Waals surface area (Å²) in [6.07, 6.45) is 1.69. The number of benzene rings is 4. The molecule has 0 bridgehead atoms. The van der Waals surface area contributed by atoms with Crippen LogP contribution in [-0.4, -0.2) is 70.5 Å². The summed E-state index contributed by atoms with van der Waals surface area (Å²) in [7, 11) is 3.25. The van der Waals surface area contributed by atoms with E-state index in [2.05, 4.69) is 71.0 Å². The molecule has 4 aromatic carbocycles. The first-order valence-corrected chi connectivity index (χ1v) is 18.5. The maximum absolute atomic E-state index is 12.3. The van der Waals surface area contributed by atoms with Crippen LogP contribution in [0.3, 0.4) is 0 Å². The molecule has 0 aliphatic heterocycles. The number of hydrogen-bond acceptors (Lipinski definition) is 8. The van der Waals surface area contributed by atoms with Gasteiger partial charge in [-0.1, -0.05) is 100 Å². The van der Waals surface area contributed by atoms with Crippen molar-refractivity contribution in [2.75, 3.05) is 47.3 Å². The van der Waals surface area contributed by atoms with Gasteiger partial charge in [0.1, 0.15) is 43.2 Å². The van der Waals surface area contributed by atoms with Crippen molar-refractivity contribution in [2.24, 2.45) is 0 Å². The van der Waals surface area contributed by atoms with Gasteiger partial charge in [0.25, 0.3) is 0 Å². The molecule has 2 unspecified atom stereocenters. The molecule has 0 amide bonds. The van der Waals surface area contributed by atoms with Gasteiger partial charge < -0.3 is 33.5 Å². The number of rotatable bonds is 22. The molecular weight excluding hydrogens is 668 g/mol. The van der Waals surface area contributed by atoms with E-state index in [1.54, 1.807) is 14.2 Å². The molecule has 0 saturated carbocycles. The van der Waals surface area contributed by atoms with Gasteiger partial charge in [-0.05, 0) is 78.4 Å². The molecule has 0 aliphatic rings. The normalized spacial score (nSPS) is 12.9. The minimum atomic E-state index is -0.788. The minimum absolute atomic E-state index is 0.113. The van der Waals surface area contributed by atoms with Crippen LogP contribution in [0.4, 0.5) is 0 Å². The molecular formula is C45H58O8. The average molecular weight is 727 g/mol. The van der Waals surface area contributed by atoms with Crippen molar-refractivity contribution in [1.82, 2.24) is 0 Å². The summed E-state index contributed by atoms with van der Waals surface area (Å²) in [5.41, 5.74) is 5.51. The number of carbonyl (C=O) groups excluding carboxylic acids is 1. The van der Waals surface area contributed by atoms with Gasteiger partial charge in [0.15, 0.2) is 6.10 Å². The van der Waals surface area contributed by atoms with Crippen LogP contribution < -0.4 is 14.2 Å². The van der Waals surface area contributed by atoms with Crippen molar-refractivity contribution in [3.8, 4) is 17.2 Å². The predicted molar refractivity (Wildman–Crippen MR) is 209 cm³/mol. The van der Waals surface area contributed by atoms with Gasteiger partial charge in [-0.25, -0.2) is 0 Å². The second-order valence-corrected chi connectivity index (χ2v) is 14.6. The van der Waals surface area contributed by atoms with E-state index in [0.717, 1.165) is 30.4 Å². The summed E-state index contributed by atoms with van der Waals surface area (Å²) < 4.78 is 33.7. The highest BCUT2D eigenvalue weighted by molar-refractivity contribution is 5.69. The highest BCUT2D eigenvalue weighted by atomic mass is 16.6. The first kappa shape index (κ1) is 41.4. The van der Waals surface area contributed by atoms with E-state index < -0.39 is 12.2 Å². The Labute approximate surface area is 316 Å². The lowest BCUT2D eigenvalue weighted by Gasteiger charge is -2.27. The standard InChI is InChI=1S/C45H58O8/c1-33-12-14-34(15-13-33)44(2,3)35-16-22-39(23-17-35)50-29-38(46)30-51-40-24-18-36(19-25-40)45(4,5)37-20-26-41(27-21-37)52-32-42(31-49-7)53-43(47)11-9-8-10-28-48-6/h12-27,38,42,46H,8-11,28-32H2,1-7H3. The zero-order valence-electron chi connectivity index (χ0n) is 32.6. The zero-order valence-corrected chi connectivity index (χ0v) is 32.6. The van der Waals surface area contributed by atoms with Crippen LogP contribution in [0.25, 0.3) is 0 Å². The zero-order chi connectivity index (χ0) is 38.3. The van der Waals surface area contributed by atoms with Crippen molar-refractivity contribution in [1.29, 1.82) is 0 Å². The lowest BCUT2D eigenvalue weighted by molar-refractivity contribution is -0.153. The number of hydrogen-bond donors (Lipinski definition) is 1. The fourth-order valence-electron chi connectivity index (χ4n) is 6.07. The summed E-state index contributed by atoms with van der Waals surface area (Å²) in [4.78, 5) is 12.3. The SMILES string of the molecule is COCCCCCC(=O)OC(COC)COc1ccc(C(C)(C)c2ccc(OCC(O)COc3ccc(C(C)(C)c4ccc(C)cc4)cc3)cc2)cc1. The lowest BCUT2D eigenvalue weighted by Crippen LogP contribution is -2.29. The molecule has 4 rings (SSSR count). The molecule has 8 heteroatoms. The molecule has 0 aromatic heterocycles. The Balaban J connectivity index is 1.22. The van der Waals surface area contributed by atoms with Crippen LogP contribution in [-0.2, 0) is 29.8 Å². The van der Waals surface area contributed by atoms with Gasteiger partial charge in [0.05, 0.1) is 6.61 Å². The summed E-state index contributed by atoms with van der Waals surface area (Å²) in [5, 5.41) is 10.6. The third-order valence-corrected chi connectivity index (χ3v) is 9.70. The summed E-state index contributed by atoms with van der Waals surface area (Å²) in [5.74, 6) is 1.82. The van der Waals surface area contributed by atoms with Crippen molar-refractivity contribution >= 4 is 5.97 Å². The van der Waals surface area contributed by atoms with E-state index in [4.69, 9.17) is 28.4 Å². The van der Waals surface area contributed by atoms with Gasteiger partial charge in [-0.15, -0.1) is 0 Å². The van der Waals surface area contributed by atoms with Crippen LogP contribution in [0.1, 0.15) is 81.2 Å². The van der Waals surface area contributed by atoms with Crippen molar-refractivity contribution in [2.45, 2.75) is 83.3 Å². The van der Waals surface area contributed by atoms with E-state index in [1.807, 2.05) is 60.7 Å². The molecule has 0 fully saturated rings. The van der Waals surface area contributed by atoms with Gasteiger partial charge >= 0.3 is 5.97 Å². The lowest BCUT2D eigenvalue weighted by atomic mass is 9.78. The highest BCUT2D eigenvalue weighted by Gasteiger charge is 2.25. The van der Waals surface area contributed by atoms with Gasteiger partial charge in [0.2, 0.25) is 0 Å². The van der Waals surface area contributed by atoms with E-state index in [1.165, 1.54) is 16.7 Å². The molecule has 0 aliphatic carbocycles. The summed E-state index contributed by atoms with van der Waals surface area (Å²) >= 11 is 0. The molecule has 0 spiro atoms. The first-order valence-electron chi connectivity index (χ1n) is 18.5. The van der Waals surface area contributed by atoms with Crippen molar-refractivity contribution in [3.63, 3.8) is 0 Å². The number of carbonyl (C=O) groups is 1. The molecule has 4 aromatic rings. The molecule has 2 atom stereocenters. The Morgan fingerprint density at radius 3 is 1.40 bits per heavy atom. The monoisotopic (exact) mass is 726 g/mol. The third-order valence-electron chi connectivity index (χ3n) is 9.70. The third kappa shape index (κ3) is 12.6. The highest BCUT2D eigenvalue weighted by Crippen LogP contribution is 2.34. The number of methoxy groups -OCH3 is 2. The summed E-state index contributed by atoms with van der Waals surface area (Å²) in [6.45, 7) is 12.3. The fraction of sp³-hybridized carbons (Fsp3) is 0.444. The second kappa shape index (κ2) is 20.2. The number of ether oxygens (including phenoxy) is 6. The van der Waals surface area contributed by atoms with E-state index >= 15 is 0 Å². The fourth-order valence-corrected chi connectivity index (χ4v) is 6.07. The Morgan fingerprint density at radius 2 is 0.981 bits per heavy atom. The van der Waals surface area contributed by atoms with Crippen LogP contribution >= 0.6 is 0 Å². The van der Waals surface area contributed by atoms with E-state index in [0.29, 0.717) is 30.3 Å². The average Bonchev–Trinajstić information content (AvgIpc) is 3.16. The van der Waals surface area contributed by atoms with E-state index in [-0.39, 0.29) is 43.2 Å². The molecule has 53 heavy (non-hydrogen) atoms. The topological polar surface area (TPSA) is 92.7 Å². The predicted octanol–water partition coefficient (Wildman–Crippen LogP) is 8.61.